The van der Waals surface area contributed by atoms with Crippen LogP contribution in [0.4, 0.5) is 0 Å². The maximum atomic E-state index is 11.8. The molecule has 0 atom stereocenters. The lowest BCUT2D eigenvalue weighted by Gasteiger charge is -2.12. The molecule has 25 heavy (non-hydrogen) atoms. The zero-order valence-corrected chi connectivity index (χ0v) is 14.4. The van der Waals surface area contributed by atoms with E-state index in [1.165, 1.54) is 33.6 Å². The molecule has 0 saturated heterocycles. The van der Waals surface area contributed by atoms with Crippen molar-refractivity contribution in [1.82, 2.24) is 5.43 Å². The van der Waals surface area contributed by atoms with Crippen molar-refractivity contribution in [3.63, 3.8) is 0 Å². The molecule has 2 aromatic carbocycles. The standard InChI is InChI=1S/C19H20N2O4/c1-23-16-11-15(12-17(24-2)19(16)25-3)13-20-21-18(22)10-9-14-7-5-4-6-8-14/h4-13H,1-3H3,(H,21,22)/b10-9+,20-13+. The van der Waals surface area contributed by atoms with E-state index in [4.69, 9.17) is 14.2 Å². The van der Waals surface area contributed by atoms with Gasteiger partial charge < -0.3 is 14.2 Å². The monoisotopic (exact) mass is 340 g/mol. The summed E-state index contributed by atoms with van der Waals surface area (Å²) in [5.74, 6) is 1.20. The molecule has 130 valence electrons. The van der Waals surface area contributed by atoms with Crippen LogP contribution < -0.4 is 19.6 Å². The Morgan fingerprint density at radius 2 is 1.60 bits per heavy atom. The third kappa shape index (κ3) is 5.10. The molecular formula is C19H20N2O4. The van der Waals surface area contributed by atoms with Crippen molar-refractivity contribution in [3.05, 3.63) is 59.7 Å². The van der Waals surface area contributed by atoms with Crippen molar-refractivity contribution in [1.29, 1.82) is 0 Å². The number of methoxy groups -OCH3 is 3. The van der Waals surface area contributed by atoms with E-state index in [0.29, 0.717) is 22.8 Å². The SMILES string of the molecule is COc1cc(/C=N/NC(=O)/C=C/c2ccccc2)cc(OC)c1OC. The normalized spacial score (nSPS) is 10.8. The summed E-state index contributed by atoms with van der Waals surface area (Å²) in [6.45, 7) is 0. The summed E-state index contributed by atoms with van der Waals surface area (Å²) < 4.78 is 15.8. The highest BCUT2D eigenvalue weighted by molar-refractivity contribution is 5.92. The number of carbonyl (C=O) groups is 1. The zero-order valence-electron chi connectivity index (χ0n) is 14.4. The average Bonchev–Trinajstić information content (AvgIpc) is 2.66. The predicted octanol–water partition coefficient (Wildman–Crippen LogP) is 2.88. The van der Waals surface area contributed by atoms with E-state index < -0.39 is 0 Å². The van der Waals surface area contributed by atoms with Gasteiger partial charge in [-0.25, -0.2) is 5.43 Å². The molecule has 1 N–H and O–H groups in total. The number of benzene rings is 2. The van der Waals surface area contributed by atoms with E-state index in [0.717, 1.165) is 5.56 Å². The number of hydrogen-bond acceptors (Lipinski definition) is 5. The van der Waals surface area contributed by atoms with Gasteiger partial charge in [0.15, 0.2) is 11.5 Å². The molecular weight excluding hydrogens is 320 g/mol. The summed E-state index contributed by atoms with van der Waals surface area (Å²) in [6.07, 6.45) is 4.63. The molecule has 0 bridgehead atoms. The van der Waals surface area contributed by atoms with Crippen molar-refractivity contribution in [2.45, 2.75) is 0 Å². The molecule has 0 unspecified atom stereocenters. The van der Waals surface area contributed by atoms with Crippen molar-refractivity contribution >= 4 is 18.2 Å². The number of amides is 1. The summed E-state index contributed by atoms with van der Waals surface area (Å²) in [5.41, 5.74) is 4.07. The quantitative estimate of drug-likeness (QED) is 0.478. The van der Waals surface area contributed by atoms with Crippen LogP contribution in [0, 0.1) is 0 Å². The van der Waals surface area contributed by atoms with Crippen molar-refractivity contribution in [2.24, 2.45) is 5.10 Å². The molecule has 0 aromatic heterocycles. The van der Waals surface area contributed by atoms with Crippen LogP contribution in [-0.2, 0) is 4.79 Å². The number of hydrazone groups is 1. The van der Waals surface area contributed by atoms with Crippen LogP contribution in [0.3, 0.4) is 0 Å². The molecule has 6 nitrogen and oxygen atoms in total. The van der Waals surface area contributed by atoms with Gasteiger partial charge in [-0.3, -0.25) is 4.79 Å². The molecule has 0 radical (unpaired) electrons. The fraction of sp³-hybridized carbons (Fsp3) is 0.158. The number of carbonyl (C=O) groups excluding carboxylic acids is 1. The Balaban J connectivity index is 2.04. The highest BCUT2D eigenvalue weighted by atomic mass is 16.5. The Kier molecular flexibility index (Phi) is 6.59. The summed E-state index contributed by atoms with van der Waals surface area (Å²) in [6, 6.07) is 13.0. The highest BCUT2D eigenvalue weighted by Crippen LogP contribution is 2.37. The van der Waals surface area contributed by atoms with Crippen LogP contribution in [0.25, 0.3) is 6.08 Å². The lowest BCUT2D eigenvalue weighted by Crippen LogP contribution is -2.14. The van der Waals surface area contributed by atoms with Gasteiger partial charge in [-0.1, -0.05) is 30.3 Å². The second-order valence-corrected chi connectivity index (χ2v) is 4.94. The molecule has 6 heteroatoms. The van der Waals surface area contributed by atoms with E-state index >= 15 is 0 Å². The number of nitrogens with zero attached hydrogens (tertiary/aromatic N) is 1. The minimum absolute atomic E-state index is 0.326. The number of ether oxygens (including phenoxy) is 3. The fourth-order valence-electron chi connectivity index (χ4n) is 2.12. The number of hydrogen-bond donors (Lipinski definition) is 1. The maximum absolute atomic E-state index is 11.8. The topological polar surface area (TPSA) is 69.2 Å². The Hall–Kier alpha value is -3.28. The number of nitrogens with one attached hydrogen (secondary N) is 1. The van der Waals surface area contributed by atoms with Gasteiger partial charge in [-0.2, -0.15) is 5.10 Å². The van der Waals surface area contributed by atoms with Gasteiger partial charge in [-0.15, -0.1) is 0 Å². The zero-order chi connectivity index (χ0) is 18.1. The van der Waals surface area contributed by atoms with Crippen LogP contribution in [0.15, 0.2) is 53.6 Å². The Morgan fingerprint density at radius 3 is 2.16 bits per heavy atom. The van der Waals surface area contributed by atoms with E-state index in [1.54, 1.807) is 18.2 Å². The van der Waals surface area contributed by atoms with Crippen molar-refractivity contribution in [3.8, 4) is 17.2 Å². The first kappa shape index (κ1) is 18.1. The van der Waals surface area contributed by atoms with Gasteiger partial charge in [0, 0.05) is 11.6 Å². The third-order valence-electron chi connectivity index (χ3n) is 3.30. The highest BCUT2D eigenvalue weighted by Gasteiger charge is 2.12. The van der Waals surface area contributed by atoms with Gasteiger partial charge >= 0.3 is 0 Å². The summed E-state index contributed by atoms with van der Waals surface area (Å²) in [5, 5.41) is 3.93. The molecule has 0 aliphatic heterocycles. The molecule has 0 aliphatic rings. The minimum Gasteiger partial charge on any atom is -0.493 e. The molecule has 0 fully saturated rings. The van der Waals surface area contributed by atoms with Gasteiger partial charge in [0.05, 0.1) is 27.5 Å². The third-order valence-corrected chi connectivity index (χ3v) is 3.30. The first-order valence-electron chi connectivity index (χ1n) is 7.54. The Labute approximate surface area is 146 Å². The van der Waals surface area contributed by atoms with Gasteiger partial charge in [-0.05, 0) is 23.8 Å². The predicted molar refractivity (Wildman–Crippen MR) is 97.3 cm³/mol. The van der Waals surface area contributed by atoms with Gasteiger partial charge in [0.1, 0.15) is 0 Å². The minimum atomic E-state index is -0.326. The summed E-state index contributed by atoms with van der Waals surface area (Å²) in [7, 11) is 4.61. The first-order valence-corrected chi connectivity index (χ1v) is 7.54. The number of rotatable bonds is 7. The second kappa shape index (κ2) is 9.12. The van der Waals surface area contributed by atoms with Crippen molar-refractivity contribution < 1.29 is 19.0 Å². The molecule has 2 rings (SSSR count). The van der Waals surface area contributed by atoms with Crippen LogP contribution in [0.5, 0.6) is 17.2 Å². The van der Waals surface area contributed by atoms with Gasteiger partial charge in [0.25, 0.3) is 5.91 Å². The summed E-state index contributed by atoms with van der Waals surface area (Å²) >= 11 is 0. The first-order chi connectivity index (χ1) is 12.2. The van der Waals surface area contributed by atoms with Crippen LogP contribution >= 0.6 is 0 Å². The van der Waals surface area contributed by atoms with E-state index in [-0.39, 0.29) is 5.91 Å². The summed E-state index contributed by atoms with van der Waals surface area (Å²) in [4.78, 5) is 11.8. The molecule has 0 spiro atoms. The van der Waals surface area contributed by atoms with E-state index in [1.807, 2.05) is 30.3 Å². The molecule has 0 aliphatic carbocycles. The van der Waals surface area contributed by atoms with Crippen LogP contribution in [0.1, 0.15) is 11.1 Å². The lowest BCUT2D eigenvalue weighted by molar-refractivity contribution is -0.116. The maximum Gasteiger partial charge on any atom is 0.264 e. The van der Waals surface area contributed by atoms with Crippen LogP contribution in [0.2, 0.25) is 0 Å². The smallest absolute Gasteiger partial charge is 0.264 e. The molecule has 0 saturated carbocycles. The van der Waals surface area contributed by atoms with Crippen LogP contribution in [-0.4, -0.2) is 33.5 Å². The van der Waals surface area contributed by atoms with Crippen molar-refractivity contribution in [2.75, 3.05) is 21.3 Å². The van der Waals surface area contributed by atoms with Gasteiger partial charge in [0.2, 0.25) is 5.75 Å². The molecule has 0 heterocycles. The largest absolute Gasteiger partial charge is 0.493 e. The average molecular weight is 340 g/mol. The Morgan fingerprint density at radius 1 is 0.960 bits per heavy atom. The molecule has 1 amide bonds. The van der Waals surface area contributed by atoms with E-state index in [2.05, 4.69) is 10.5 Å². The molecule has 2 aromatic rings. The Bertz CT molecular complexity index is 745. The second-order valence-electron chi connectivity index (χ2n) is 4.94. The van der Waals surface area contributed by atoms with E-state index in [9.17, 15) is 4.79 Å². The fourth-order valence-corrected chi connectivity index (χ4v) is 2.12. The lowest BCUT2D eigenvalue weighted by atomic mass is 10.2.